The number of fused-ring (bicyclic) bond motifs is 1. The molecule has 2 aromatic carbocycles. The third kappa shape index (κ3) is 2.35. The van der Waals surface area contributed by atoms with Gasteiger partial charge in [-0.05, 0) is 30.7 Å². The van der Waals surface area contributed by atoms with Crippen LogP contribution in [0.4, 0.5) is 5.69 Å². The van der Waals surface area contributed by atoms with Crippen LogP contribution >= 0.6 is 0 Å². The van der Waals surface area contributed by atoms with Crippen molar-refractivity contribution in [2.75, 3.05) is 11.9 Å². The highest BCUT2D eigenvalue weighted by molar-refractivity contribution is 6.01. The van der Waals surface area contributed by atoms with Crippen LogP contribution in [0.3, 0.4) is 0 Å². The van der Waals surface area contributed by atoms with Crippen molar-refractivity contribution >= 4 is 11.6 Å². The highest BCUT2D eigenvalue weighted by Crippen LogP contribution is 2.37. The number of hydrogen-bond acceptors (Lipinski definition) is 4. The van der Waals surface area contributed by atoms with Crippen LogP contribution in [0, 0.1) is 0 Å². The molecule has 3 rings (SSSR count). The molecule has 5 heteroatoms. The fourth-order valence-corrected chi connectivity index (χ4v) is 2.77. The number of carbonyl (C=O) groups excluding carboxylic acids is 1. The Kier molecular flexibility index (Phi) is 3.63. The average molecular weight is 298 g/mol. The van der Waals surface area contributed by atoms with Crippen molar-refractivity contribution in [3.63, 3.8) is 0 Å². The van der Waals surface area contributed by atoms with Crippen LogP contribution in [0.15, 0.2) is 42.5 Å². The van der Waals surface area contributed by atoms with Crippen molar-refractivity contribution in [2.24, 2.45) is 0 Å². The largest absolute Gasteiger partial charge is 0.508 e. The monoisotopic (exact) mass is 298 g/mol. The van der Waals surface area contributed by atoms with E-state index in [1.165, 1.54) is 12.1 Å². The number of amides is 1. The highest BCUT2D eigenvalue weighted by Gasteiger charge is 2.33. The zero-order valence-electron chi connectivity index (χ0n) is 12.3. The number of anilines is 1. The molecule has 0 aliphatic carbocycles. The molecule has 1 amide bonds. The molecule has 0 saturated heterocycles. The van der Waals surface area contributed by atoms with Gasteiger partial charge in [-0.1, -0.05) is 19.1 Å². The first kappa shape index (κ1) is 14.3. The van der Waals surface area contributed by atoms with Gasteiger partial charge >= 0.3 is 0 Å². The topological polar surface area (TPSA) is 72.8 Å². The Bertz CT molecular complexity index is 715. The van der Waals surface area contributed by atoms with Gasteiger partial charge in [-0.2, -0.15) is 0 Å². The van der Waals surface area contributed by atoms with Crippen LogP contribution in [0.5, 0.6) is 11.5 Å². The van der Waals surface area contributed by atoms with Gasteiger partial charge in [0, 0.05) is 23.9 Å². The van der Waals surface area contributed by atoms with Crippen LogP contribution < -0.4 is 5.32 Å². The maximum absolute atomic E-state index is 12.7. The fourth-order valence-electron chi connectivity index (χ4n) is 2.77. The molecule has 0 bridgehead atoms. The molecule has 0 fully saturated rings. The average Bonchev–Trinajstić information content (AvgIpc) is 2.50. The Morgan fingerprint density at radius 2 is 1.95 bits per heavy atom. The Hall–Kier alpha value is -2.69. The van der Waals surface area contributed by atoms with Crippen LogP contribution in [0.2, 0.25) is 0 Å². The number of benzene rings is 2. The Morgan fingerprint density at radius 1 is 1.18 bits per heavy atom. The summed E-state index contributed by atoms with van der Waals surface area (Å²) in [5, 5.41) is 22.9. The second-order valence-electron chi connectivity index (χ2n) is 5.33. The second kappa shape index (κ2) is 5.60. The van der Waals surface area contributed by atoms with Crippen LogP contribution in [0.25, 0.3) is 0 Å². The van der Waals surface area contributed by atoms with Crippen molar-refractivity contribution < 1.29 is 15.0 Å². The fraction of sp³-hybridized carbons (Fsp3) is 0.235. The van der Waals surface area contributed by atoms with Crippen molar-refractivity contribution in [3.05, 3.63) is 53.6 Å². The molecule has 0 unspecified atom stereocenters. The summed E-state index contributed by atoms with van der Waals surface area (Å²) in [4.78, 5) is 14.4. The summed E-state index contributed by atoms with van der Waals surface area (Å²) < 4.78 is 0. The van der Waals surface area contributed by atoms with Gasteiger partial charge in [0.1, 0.15) is 17.7 Å². The minimum atomic E-state index is -0.456. The van der Waals surface area contributed by atoms with E-state index in [2.05, 4.69) is 5.32 Å². The van der Waals surface area contributed by atoms with Crippen LogP contribution in [-0.2, 0) is 0 Å². The summed E-state index contributed by atoms with van der Waals surface area (Å²) >= 11 is 0. The molecule has 1 aliphatic rings. The predicted molar refractivity (Wildman–Crippen MR) is 83.9 cm³/mol. The zero-order valence-corrected chi connectivity index (χ0v) is 12.3. The van der Waals surface area contributed by atoms with E-state index < -0.39 is 6.17 Å². The van der Waals surface area contributed by atoms with E-state index in [0.717, 1.165) is 12.1 Å². The van der Waals surface area contributed by atoms with E-state index in [4.69, 9.17) is 0 Å². The van der Waals surface area contributed by atoms with Gasteiger partial charge in [-0.3, -0.25) is 4.79 Å². The maximum Gasteiger partial charge on any atom is 0.257 e. The minimum Gasteiger partial charge on any atom is -0.508 e. The molecule has 2 aromatic rings. The number of phenolic OH excluding ortho intramolecular Hbond substituents is 2. The smallest absolute Gasteiger partial charge is 0.257 e. The molecule has 22 heavy (non-hydrogen) atoms. The quantitative estimate of drug-likeness (QED) is 0.814. The van der Waals surface area contributed by atoms with Gasteiger partial charge in [-0.15, -0.1) is 0 Å². The lowest BCUT2D eigenvalue weighted by Crippen LogP contribution is -2.43. The zero-order chi connectivity index (χ0) is 15.7. The van der Waals surface area contributed by atoms with Crippen molar-refractivity contribution in [3.8, 4) is 11.5 Å². The van der Waals surface area contributed by atoms with E-state index in [0.29, 0.717) is 17.7 Å². The third-order valence-corrected chi connectivity index (χ3v) is 3.80. The lowest BCUT2D eigenvalue weighted by atomic mass is 10.0. The summed E-state index contributed by atoms with van der Waals surface area (Å²) in [5.41, 5.74) is 1.94. The summed E-state index contributed by atoms with van der Waals surface area (Å²) in [6.45, 7) is 2.58. The molecule has 1 aliphatic heterocycles. The van der Waals surface area contributed by atoms with E-state index in [9.17, 15) is 15.0 Å². The van der Waals surface area contributed by atoms with Crippen molar-refractivity contribution in [1.29, 1.82) is 0 Å². The molecule has 5 nitrogen and oxygen atoms in total. The van der Waals surface area contributed by atoms with E-state index >= 15 is 0 Å². The van der Waals surface area contributed by atoms with Crippen LogP contribution in [-0.4, -0.2) is 27.6 Å². The number of nitrogens with zero attached hydrogens (tertiary/aromatic N) is 1. The summed E-state index contributed by atoms with van der Waals surface area (Å²) in [5.74, 6) is -0.106. The van der Waals surface area contributed by atoms with Crippen LogP contribution in [0.1, 0.15) is 35.4 Å². The van der Waals surface area contributed by atoms with E-state index in [1.807, 2.05) is 25.1 Å². The molecule has 3 N–H and O–H groups in total. The molecular weight excluding hydrogens is 280 g/mol. The Morgan fingerprint density at radius 3 is 2.68 bits per heavy atom. The summed E-state index contributed by atoms with van der Waals surface area (Å²) in [6, 6.07) is 11.8. The van der Waals surface area contributed by atoms with Crippen molar-refractivity contribution in [1.82, 2.24) is 4.90 Å². The number of rotatable bonds is 3. The number of nitrogens with one attached hydrogen (secondary N) is 1. The Balaban J connectivity index is 2.07. The van der Waals surface area contributed by atoms with E-state index in [-0.39, 0.29) is 17.4 Å². The summed E-state index contributed by atoms with van der Waals surface area (Å²) in [7, 11) is 0. The highest BCUT2D eigenvalue weighted by atomic mass is 16.3. The SMILES string of the molecule is CCCN1C(=O)c2ccccc2N[C@@H]1c1ccc(O)cc1O. The van der Waals surface area contributed by atoms with Crippen molar-refractivity contribution in [2.45, 2.75) is 19.5 Å². The summed E-state index contributed by atoms with van der Waals surface area (Å²) in [6.07, 6.45) is 0.355. The van der Waals surface area contributed by atoms with E-state index in [1.54, 1.807) is 17.0 Å². The standard InChI is InChI=1S/C17H18N2O3/c1-2-9-19-16(13-8-7-11(20)10-15(13)21)18-14-6-4-3-5-12(14)17(19)22/h3-8,10,16,18,20-21H,2,9H2,1H3/t16-/m0/s1. The first-order valence-corrected chi connectivity index (χ1v) is 7.30. The number of aromatic hydroxyl groups is 2. The first-order chi connectivity index (χ1) is 10.6. The first-order valence-electron chi connectivity index (χ1n) is 7.30. The molecule has 0 radical (unpaired) electrons. The normalized spacial score (nSPS) is 17.0. The number of para-hydroxylation sites is 1. The molecule has 1 atom stereocenters. The number of phenols is 2. The minimum absolute atomic E-state index is 0.00849. The van der Waals surface area contributed by atoms with Gasteiger partial charge in [0.05, 0.1) is 5.56 Å². The van der Waals surface area contributed by atoms with Gasteiger partial charge in [-0.25, -0.2) is 0 Å². The molecule has 0 aromatic heterocycles. The van der Waals surface area contributed by atoms with Gasteiger partial charge in [0.25, 0.3) is 5.91 Å². The van der Waals surface area contributed by atoms with Gasteiger partial charge < -0.3 is 20.4 Å². The lowest BCUT2D eigenvalue weighted by Gasteiger charge is -2.38. The van der Waals surface area contributed by atoms with Gasteiger partial charge in [0.2, 0.25) is 0 Å². The second-order valence-corrected chi connectivity index (χ2v) is 5.33. The lowest BCUT2D eigenvalue weighted by molar-refractivity contribution is 0.0681. The third-order valence-electron chi connectivity index (χ3n) is 3.80. The molecular formula is C17H18N2O3. The molecule has 0 saturated carbocycles. The Labute approximate surface area is 128 Å². The molecule has 114 valence electrons. The molecule has 0 spiro atoms. The maximum atomic E-state index is 12.7. The number of hydrogen-bond donors (Lipinski definition) is 3. The molecule has 1 heterocycles. The number of carbonyl (C=O) groups is 1. The van der Waals surface area contributed by atoms with Gasteiger partial charge in [0.15, 0.2) is 0 Å². The predicted octanol–water partition coefficient (Wildman–Crippen LogP) is 3.07.